The lowest BCUT2D eigenvalue weighted by Gasteiger charge is -2.15. The van der Waals surface area contributed by atoms with Crippen LogP contribution in [-0.2, 0) is 12.6 Å². The minimum atomic E-state index is -5.00. The summed E-state index contributed by atoms with van der Waals surface area (Å²) in [6.07, 6.45) is -13.8. The molecule has 0 aliphatic carbocycles. The lowest BCUT2D eigenvalue weighted by molar-refractivity contribution is -0.203. The van der Waals surface area contributed by atoms with E-state index in [1.165, 1.54) is 0 Å². The van der Waals surface area contributed by atoms with Crippen LogP contribution in [0.5, 0.6) is 0 Å². The van der Waals surface area contributed by atoms with Crippen molar-refractivity contribution >= 4 is 0 Å². The van der Waals surface area contributed by atoms with Crippen LogP contribution < -0.4 is 0 Å². The number of hydrogen-bond donors (Lipinski definition) is 1. The minimum absolute atomic E-state index is 0.254. The Labute approximate surface area is 96.8 Å². The van der Waals surface area contributed by atoms with Gasteiger partial charge in [-0.05, 0) is 17.7 Å². The molecular formula is C10H7F7O. The molecule has 18 heavy (non-hydrogen) atoms. The van der Waals surface area contributed by atoms with Gasteiger partial charge in [0.2, 0.25) is 0 Å². The molecule has 0 heterocycles. The number of alkyl halides is 6. The molecule has 102 valence electrons. The maximum absolute atomic E-state index is 12.8. The fourth-order valence-corrected chi connectivity index (χ4v) is 1.26. The fourth-order valence-electron chi connectivity index (χ4n) is 1.26. The zero-order valence-electron chi connectivity index (χ0n) is 8.61. The summed E-state index contributed by atoms with van der Waals surface area (Å²) in [6, 6.07) is 1.44. The maximum atomic E-state index is 12.8. The molecule has 0 saturated heterocycles. The first-order valence-corrected chi connectivity index (χ1v) is 4.62. The SMILES string of the molecule is OC(Cc1ccc(F)c(C(F)(F)F)c1)C(F)(F)F. The van der Waals surface area contributed by atoms with Gasteiger partial charge < -0.3 is 5.11 Å². The predicted molar refractivity (Wildman–Crippen MR) is 47.2 cm³/mol. The zero-order valence-corrected chi connectivity index (χ0v) is 8.61. The molecule has 1 nitrogen and oxygen atoms in total. The molecule has 1 aromatic carbocycles. The summed E-state index contributed by atoms with van der Waals surface area (Å²) in [5.74, 6) is -1.58. The Bertz CT molecular complexity index is 421. The lowest BCUT2D eigenvalue weighted by Crippen LogP contribution is -2.30. The highest BCUT2D eigenvalue weighted by atomic mass is 19.4. The van der Waals surface area contributed by atoms with Gasteiger partial charge in [0.25, 0.3) is 0 Å². The molecule has 0 radical (unpaired) electrons. The van der Waals surface area contributed by atoms with E-state index in [0.29, 0.717) is 6.07 Å². The first-order chi connectivity index (χ1) is 8.01. The normalized spacial score (nSPS) is 14.7. The third-order valence-corrected chi connectivity index (χ3v) is 2.14. The van der Waals surface area contributed by atoms with Crippen LogP contribution in [0.15, 0.2) is 18.2 Å². The van der Waals surface area contributed by atoms with Crippen molar-refractivity contribution in [3.63, 3.8) is 0 Å². The summed E-state index contributed by atoms with van der Waals surface area (Å²) >= 11 is 0. The second-order valence-electron chi connectivity index (χ2n) is 3.57. The van der Waals surface area contributed by atoms with Crippen LogP contribution in [0.4, 0.5) is 30.7 Å². The van der Waals surface area contributed by atoms with Gasteiger partial charge in [-0.15, -0.1) is 0 Å². The smallest absolute Gasteiger partial charge is 0.383 e. The summed E-state index contributed by atoms with van der Waals surface area (Å²) in [5, 5.41) is 8.70. The third-order valence-electron chi connectivity index (χ3n) is 2.14. The van der Waals surface area contributed by atoms with Crippen LogP contribution in [0.2, 0.25) is 0 Å². The number of aliphatic hydroxyl groups is 1. The van der Waals surface area contributed by atoms with E-state index in [2.05, 4.69) is 0 Å². The van der Waals surface area contributed by atoms with E-state index < -0.39 is 41.8 Å². The molecule has 8 heteroatoms. The van der Waals surface area contributed by atoms with Crippen molar-refractivity contribution in [2.75, 3.05) is 0 Å². The number of benzene rings is 1. The Morgan fingerprint density at radius 2 is 1.61 bits per heavy atom. The van der Waals surface area contributed by atoms with Crippen LogP contribution in [0.1, 0.15) is 11.1 Å². The van der Waals surface area contributed by atoms with Crippen molar-refractivity contribution in [1.82, 2.24) is 0 Å². The summed E-state index contributed by atoms with van der Waals surface area (Å²) in [6.45, 7) is 0. The predicted octanol–water partition coefficient (Wildman–Crippen LogP) is 3.31. The van der Waals surface area contributed by atoms with Crippen LogP contribution >= 0.6 is 0 Å². The monoisotopic (exact) mass is 276 g/mol. The van der Waals surface area contributed by atoms with Crippen molar-refractivity contribution in [1.29, 1.82) is 0 Å². The van der Waals surface area contributed by atoms with Gasteiger partial charge in [-0.25, -0.2) is 4.39 Å². The van der Waals surface area contributed by atoms with Gasteiger partial charge in [0.1, 0.15) is 5.82 Å². The van der Waals surface area contributed by atoms with Crippen molar-refractivity contribution in [3.05, 3.63) is 35.1 Å². The molecule has 0 aliphatic heterocycles. The van der Waals surface area contributed by atoms with Crippen LogP contribution in [0.3, 0.4) is 0 Å². The highest BCUT2D eigenvalue weighted by molar-refractivity contribution is 5.28. The summed E-state index contributed by atoms with van der Waals surface area (Å²) in [4.78, 5) is 0. The van der Waals surface area contributed by atoms with E-state index in [0.717, 1.165) is 6.07 Å². The Hall–Kier alpha value is -1.31. The first kappa shape index (κ1) is 14.7. The van der Waals surface area contributed by atoms with Crippen molar-refractivity contribution in [2.45, 2.75) is 24.9 Å². The molecule has 0 aliphatic rings. The lowest BCUT2D eigenvalue weighted by atomic mass is 10.0. The van der Waals surface area contributed by atoms with Crippen molar-refractivity contribution in [2.24, 2.45) is 0 Å². The second-order valence-corrected chi connectivity index (χ2v) is 3.57. The van der Waals surface area contributed by atoms with Crippen LogP contribution in [-0.4, -0.2) is 17.4 Å². The first-order valence-electron chi connectivity index (χ1n) is 4.62. The number of rotatable bonds is 2. The Morgan fingerprint density at radius 1 is 1.06 bits per heavy atom. The summed E-state index contributed by atoms with van der Waals surface area (Å²) < 4.78 is 85.7. The number of halogens is 7. The van der Waals surface area contributed by atoms with Crippen LogP contribution in [0.25, 0.3) is 0 Å². The topological polar surface area (TPSA) is 20.2 Å². The van der Waals surface area contributed by atoms with Crippen molar-refractivity contribution < 1.29 is 35.8 Å². The van der Waals surface area contributed by atoms with Gasteiger partial charge in [-0.3, -0.25) is 0 Å². The van der Waals surface area contributed by atoms with Crippen molar-refractivity contribution in [3.8, 4) is 0 Å². The molecule has 1 rings (SSSR count). The van der Waals surface area contributed by atoms with E-state index in [1.807, 2.05) is 0 Å². The summed E-state index contributed by atoms with van der Waals surface area (Å²) in [5.41, 5.74) is -2.11. The van der Waals surface area contributed by atoms with Gasteiger partial charge >= 0.3 is 12.4 Å². The van der Waals surface area contributed by atoms with Gasteiger partial charge in [-0.2, -0.15) is 26.3 Å². The van der Waals surface area contributed by atoms with E-state index in [9.17, 15) is 30.7 Å². The molecule has 1 unspecified atom stereocenters. The largest absolute Gasteiger partial charge is 0.419 e. The molecule has 0 spiro atoms. The summed E-state index contributed by atoms with van der Waals surface area (Å²) in [7, 11) is 0. The Balaban J connectivity index is 3.00. The third kappa shape index (κ3) is 3.59. The maximum Gasteiger partial charge on any atom is 0.419 e. The molecule has 0 fully saturated rings. The molecule has 0 saturated carbocycles. The second kappa shape index (κ2) is 4.75. The Kier molecular flexibility index (Phi) is 3.89. The minimum Gasteiger partial charge on any atom is -0.383 e. The zero-order chi connectivity index (χ0) is 14.1. The standard InChI is InChI=1S/C10H7F7O/c11-7-2-1-5(3-6(7)9(12,13)14)4-8(18)10(15,16)17/h1-3,8,18H,4H2. The number of aliphatic hydroxyl groups excluding tert-OH is 1. The molecule has 1 atom stereocenters. The molecule has 1 aromatic rings. The average molecular weight is 276 g/mol. The molecule has 1 N–H and O–H groups in total. The molecule has 0 bridgehead atoms. The molecular weight excluding hydrogens is 269 g/mol. The van der Waals surface area contributed by atoms with E-state index in [4.69, 9.17) is 5.11 Å². The molecule has 0 aromatic heterocycles. The fraction of sp³-hybridized carbons (Fsp3) is 0.400. The van der Waals surface area contributed by atoms with Crippen LogP contribution in [0, 0.1) is 5.82 Å². The van der Waals surface area contributed by atoms with E-state index in [1.54, 1.807) is 0 Å². The van der Waals surface area contributed by atoms with Gasteiger partial charge in [0.15, 0.2) is 6.10 Å². The van der Waals surface area contributed by atoms with E-state index >= 15 is 0 Å². The molecule has 0 amide bonds. The number of hydrogen-bond acceptors (Lipinski definition) is 1. The van der Waals surface area contributed by atoms with Gasteiger partial charge in [0, 0.05) is 6.42 Å². The quantitative estimate of drug-likeness (QED) is 0.822. The van der Waals surface area contributed by atoms with Gasteiger partial charge in [0.05, 0.1) is 5.56 Å². The average Bonchev–Trinajstić information content (AvgIpc) is 2.17. The highest BCUT2D eigenvalue weighted by Crippen LogP contribution is 2.32. The highest BCUT2D eigenvalue weighted by Gasteiger charge is 2.39. The Morgan fingerprint density at radius 3 is 2.06 bits per heavy atom. The van der Waals surface area contributed by atoms with E-state index in [-0.39, 0.29) is 6.07 Å². The van der Waals surface area contributed by atoms with Gasteiger partial charge in [-0.1, -0.05) is 6.07 Å².